The van der Waals surface area contributed by atoms with E-state index in [0.29, 0.717) is 5.56 Å². The van der Waals surface area contributed by atoms with Crippen molar-refractivity contribution in [2.24, 2.45) is 0 Å². The van der Waals surface area contributed by atoms with Crippen LogP contribution < -0.4 is 5.32 Å². The maximum atomic E-state index is 13.8. The summed E-state index contributed by atoms with van der Waals surface area (Å²) in [6.07, 6.45) is 1.50. The Morgan fingerprint density at radius 1 is 1.17 bits per heavy atom. The number of nitrogens with zero attached hydrogens (tertiary/aromatic N) is 1. The van der Waals surface area contributed by atoms with E-state index in [-0.39, 0.29) is 11.5 Å². The molecule has 4 heteroatoms. The molecule has 0 spiro atoms. The summed E-state index contributed by atoms with van der Waals surface area (Å²) in [7, 11) is 1.65. The van der Waals surface area contributed by atoms with Gasteiger partial charge in [-0.2, -0.15) is 0 Å². The number of nitrogens with one attached hydrogen (secondary N) is 1. The van der Waals surface area contributed by atoms with Gasteiger partial charge in [0.05, 0.1) is 11.7 Å². The zero-order chi connectivity index (χ0) is 13.1. The third-order valence-electron chi connectivity index (χ3n) is 2.81. The van der Waals surface area contributed by atoms with Crippen LogP contribution in [0.15, 0.2) is 36.5 Å². The molecule has 0 aliphatic rings. The standard InChI is InChI=1S/C14H14F2N2/c1-9-5-6-11(15)10(8-9)13(17-2)14-12(16)4-3-7-18-14/h3-8,13,17H,1-2H3. The van der Waals surface area contributed by atoms with Crippen LogP contribution in [0.3, 0.4) is 0 Å². The average Bonchev–Trinajstić information content (AvgIpc) is 2.36. The van der Waals surface area contributed by atoms with E-state index in [1.54, 1.807) is 19.2 Å². The fraction of sp³-hybridized carbons (Fsp3) is 0.214. The van der Waals surface area contributed by atoms with Crippen molar-refractivity contribution < 1.29 is 8.78 Å². The lowest BCUT2D eigenvalue weighted by molar-refractivity contribution is 0.534. The number of hydrogen-bond acceptors (Lipinski definition) is 2. The molecule has 0 aliphatic heterocycles. The van der Waals surface area contributed by atoms with E-state index in [2.05, 4.69) is 10.3 Å². The van der Waals surface area contributed by atoms with Crippen LogP contribution in [0.5, 0.6) is 0 Å². The Morgan fingerprint density at radius 3 is 2.61 bits per heavy atom. The molecule has 1 unspecified atom stereocenters. The van der Waals surface area contributed by atoms with Crippen LogP contribution in [0.2, 0.25) is 0 Å². The highest BCUT2D eigenvalue weighted by Crippen LogP contribution is 2.25. The van der Waals surface area contributed by atoms with Crippen molar-refractivity contribution in [3.8, 4) is 0 Å². The van der Waals surface area contributed by atoms with Crippen LogP contribution in [-0.4, -0.2) is 12.0 Å². The number of rotatable bonds is 3. The molecule has 0 saturated heterocycles. The first kappa shape index (κ1) is 12.6. The number of pyridine rings is 1. The molecule has 2 nitrogen and oxygen atoms in total. The number of hydrogen-bond donors (Lipinski definition) is 1. The molecular formula is C14H14F2N2. The van der Waals surface area contributed by atoms with Crippen LogP contribution >= 0.6 is 0 Å². The van der Waals surface area contributed by atoms with Gasteiger partial charge in [-0.15, -0.1) is 0 Å². The Kier molecular flexibility index (Phi) is 3.67. The predicted molar refractivity (Wildman–Crippen MR) is 66.2 cm³/mol. The molecule has 0 aliphatic carbocycles. The summed E-state index contributed by atoms with van der Waals surface area (Å²) in [5, 5.41) is 2.90. The van der Waals surface area contributed by atoms with Crippen LogP contribution in [-0.2, 0) is 0 Å². The number of halogens is 2. The molecular weight excluding hydrogens is 234 g/mol. The Morgan fingerprint density at radius 2 is 1.94 bits per heavy atom. The zero-order valence-electron chi connectivity index (χ0n) is 10.2. The van der Waals surface area contributed by atoms with Crippen molar-refractivity contribution in [1.82, 2.24) is 10.3 Å². The normalized spacial score (nSPS) is 12.4. The Hall–Kier alpha value is -1.81. The molecule has 0 bridgehead atoms. The lowest BCUT2D eigenvalue weighted by atomic mass is 10.0. The number of aryl methyl sites for hydroxylation is 1. The van der Waals surface area contributed by atoms with E-state index < -0.39 is 11.9 Å². The molecule has 1 atom stereocenters. The van der Waals surface area contributed by atoms with Crippen molar-refractivity contribution in [3.63, 3.8) is 0 Å². The summed E-state index contributed by atoms with van der Waals surface area (Å²) in [6.45, 7) is 1.87. The van der Waals surface area contributed by atoms with Gasteiger partial charge in [0.25, 0.3) is 0 Å². The molecule has 0 radical (unpaired) electrons. The van der Waals surface area contributed by atoms with Crippen molar-refractivity contribution in [2.45, 2.75) is 13.0 Å². The SMILES string of the molecule is CNC(c1cc(C)ccc1F)c1ncccc1F. The van der Waals surface area contributed by atoms with E-state index in [0.717, 1.165) is 5.56 Å². The van der Waals surface area contributed by atoms with Gasteiger partial charge in [0.15, 0.2) is 0 Å². The summed E-state index contributed by atoms with van der Waals surface area (Å²) in [4.78, 5) is 3.99. The molecule has 1 aromatic heterocycles. The Labute approximate surface area is 105 Å². The molecule has 94 valence electrons. The minimum Gasteiger partial charge on any atom is -0.308 e. The molecule has 2 rings (SSSR count). The molecule has 0 saturated carbocycles. The third kappa shape index (κ3) is 2.38. The summed E-state index contributed by atoms with van der Waals surface area (Å²) >= 11 is 0. The minimum atomic E-state index is -0.592. The smallest absolute Gasteiger partial charge is 0.146 e. The summed E-state index contributed by atoms with van der Waals surface area (Å²) in [5.41, 5.74) is 1.52. The van der Waals surface area contributed by atoms with Gasteiger partial charge in [0.1, 0.15) is 11.6 Å². The second kappa shape index (κ2) is 5.23. The molecule has 1 aromatic carbocycles. The summed E-state index contributed by atoms with van der Waals surface area (Å²) in [5.74, 6) is -0.817. The quantitative estimate of drug-likeness (QED) is 0.903. The molecule has 0 amide bonds. The molecule has 1 N–H and O–H groups in total. The molecule has 18 heavy (non-hydrogen) atoms. The topological polar surface area (TPSA) is 24.9 Å². The lowest BCUT2D eigenvalue weighted by Crippen LogP contribution is -2.21. The van der Waals surface area contributed by atoms with E-state index in [1.807, 2.05) is 6.92 Å². The van der Waals surface area contributed by atoms with Crippen LogP contribution in [0.25, 0.3) is 0 Å². The second-order valence-electron chi connectivity index (χ2n) is 4.12. The fourth-order valence-corrected chi connectivity index (χ4v) is 1.93. The first-order chi connectivity index (χ1) is 8.63. The first-order valence-corrected chi connectivity index (χ1v) is 5.67. The Balaban J connectivity index is 2.52. The van der Waals surface area contributed by atoms with E-state index in [1.165, 1.54) is 24.4 Å². The van der Waals surface area contributed by atoms with E-state index in [4.69, 9.17) is 0 Å². The zero-order valence-corrected chi connectivity index (χ0v) is 10.2. The number of aromatic nitrogens is 1. The first-order valence-electron chi connectivity index (χ1n) is 5.67. The van der Waals surface area contributed by atoms with Gasteiger partial charge in [0.2, 0.25) is 0 Å². The highest BCUT2D eigenvalue weighted by Gasteiger charge is 2.20. The van der Waals surface area contributed by atoms with Crippen LogP contribution in [0.4, 0.5) is 8.78 Å². The van der Waals surface area contributed by atoms with Gasteiger partial charge in [-0.3, -0.25) is 4.98 Å². The summed E-state index contributed by atoms with van der Waals surface area (Å²) < 4.78 is 27.6. The van der Waals surface area contributed by atoms with Crippen LogP contribution in [0, 0.1) is 18.6 Å². The molecule has 2 aromatic rings. The summed E-state index contributed by atoms with van der Waals surface area (Å²) in [6, 6.07) is 7.00. The van der Waals surface area contributed by atoms with Crippen molar-refractivity contribution >= 4 is 0 Å². The fourth-order valence-electron chi connectivity index (χ4n) is 1.93. The third-order valence-corrected chi connectivity index (χ3v) is 2.81. The van der Waals surface area contributed by atoms with Gasteiger partial charge < -0.3 is 5.32 Å². The van der Waals surface area contributed by atoms with Gasteiger partial charge >= 0.3 is 0 Å². The Bertz CT molecular complexity index is 555. The average molecular weight is 248 g/mol. The van der Waals surface area contributed by atoms with E-state index >= 15 is 0 Å². The molecule has 1 heterocycles. The van der Waals surface area contributed by atoms with Crippen molar-refractivity contribution in [3.05, 3.63) is 65.0 Å². The van der Waals surface area contributed by atoms with Gasteiger partial charge in [-0.25, -0.2) is 8.78 Å². The monoisotopic (exact) mass is 248 g/mol. The minimum absolute atomic E-state index is 0.199. The predicted octanol–water partition coefficient (Wildman–Crippen LogP) is 2.98. The lowest BCUT2D eigenvalue weighted by Gasteiger charge is -2.17. The maximum absolute atomic E-state index is 13.8. The second-order valence-corrected chi connectivity index (χ2v) is 4.12. The van der Waals surface area contributed by atoms with Gasteiger partial charge in [0, 0.05) is 11.8 Å². The molecule has 0 fully saturated rings. The highest BCUT2D eigenvalue weighted by atomic mass is 19.1. The highest BCUT2D eigenvalue weighted by molar-refractivity contribution is 5.32. The van der Waals surface area contributed by atoms with Crippen molar-refractivity contribution in [2.75, 3.05) is 7.05 Å². The van der Waals surface area contributed by atoms with E-state index in [9.17, 15) is 8.78 Å². The number of benzene rings is 1. The largest absolute Gasteiger partial charge is 0.308 e. The van der Waals surface area contributed by atoms with Gasteiger partial charge in [-0.1, -0.05) is 17.7 Å². The van der Waals surface area contributed by atoms with Gasteiger partial charge in [-0.05, 0) is 32.2 Å². The van der Waals surface area contributed by atoms with Crippen LogP contribution in [0.1, 0.15) is 22.9 Å². The van der Waals surface area contributed by atoms with Crippen molar-refractivity contribution in [1.29, 1.82) is 0 Å². The maximum Gasteiger partial charge on any atom is 0.146 e.